The van der Waals surface area contributed by atoms with Crippen molar-refractivity contribution in [3.63, 3.8) is 0 Å². The van der Waals surface area contributed by atoms with Crippen molar-refractivity contribution in [2.75, 3.05) is 7.11 Å². The molecule has 0 saturated heterocycles. The molecule has 0 fully saturated rings. The van der Waals surface area contributed by atoms with E-state index >= 15 is 0 Å². The summed E-state index contributed by atoms with van der Waals surface area (Å²) < 4.78 is 12.2. The summed E-state index contributed by atoms with van der Waals surface area (Å²) in [6, 6.07) is 5.37. The summed E-state index contributed by atoms with van der Waals surface area (Å²) in [4.78, 5) is 28.1. The van der Waals surface area contributed by atoms with Gasteiger partial charge in [-0.25, -0.2) is 9.78 Å². The molecule has 6 heteroatoms. The minimum absolute atomic E-state index is 0.195. The van der Waals surface area contributed by atoms with E-state index in [-0.39, 0.29) is 11.9 Å². The van der Waals surface area contributed by atoms with Crippen molar-refractivity contribution in [2.45, 2.75) is 59.1 Å². The zero-order chi connectivity index (χ0) is 18.6. The molecule has 0 aliphatic heterocycles. The number of nitrogens with zero attached hydrogens (tertiary/aromatic N) is 2. The summed E-state index contributed by atoms with van der Waals surface area (Å²) in [5.74, 6) is 0.335. The first kappa shape index (κ1) is 19.0. The van der Waals surface area contributed by atoms with Gasteiger partial charge in [-0.1, -0.05) is 0 Å². The van der Waals surface area contributed by atoms with Crippen LogP contribution in [0, 0.1) is 0 Å². The standard InChI is InChI=1S/C19H26N2O4/c1-6-21-15-11-10-13(18(23)24-5)12-14(15)20-16(21)8-7-9-17(22)25-19(2,3)4/h10-12H,6-9H2,1-5H3. The van der Waals surface area contributed by atoms with Gasteiger partial charge in [0.25, 0.3) is 0 Å². The maximum atomic E-state index is 11.8. The third-order valence-corrected chi connectivity index (χ3v) is 3.77. The van der Waals surface area contributed by atoms with Gasteiger partial charge in [0.1, 0.15) is 11.4 Å². The lowest BCUT2D eigenvalue weighted by Gasteiger charge is -2.19. The van der Waals surface area contributed by atoms with Gasteiger partial charge in [-0.2, -0.15) is 0 Å². The lowest BCUT2D eigenvalue weighted by atomic mass is 10.2. The zero-order valence-corrected chi connectivity index (χ0v) is 15.6. The Bertz CT molecular complexity index is 772. The van der Waals surface area contributed by atoms with Crippen molar-refractivity contribution in [1.29, 1.82) is 0 Å². The number of rotatable bonds is 6. The average molecular weight is 346 g/mol. The number of aromatic nitrogens is 2. The monoisotopic (exact) mass is 346 g/mol. The molecular weight excluding hydrogens is 320 g/mol. The molecule has 0 saturated carbocycles. The SMILES string of the molecule is CCn1c(CCCC(=O)OC(C)(C)C)nc2cc(C(=O)OC)ccc21. The van der Waals surface area contributed by atoms with Crippen LogP contribution in [0.4, 0.5) is 0 Å². The molecule has 6 nitrogen and oxygen atoms in total. The van der Waals surface area contributed by atoms with Crippen LogP contribution in [0.3, 0.4) is 0 Å². The second-order valence-electron chi connectivity index (χ2n) is 6.91. The maximum Gasteiger partial charge on any atom is 0.337 e. The third-order valence-electron chi connectivity index (χ3n) is 3.77. The fourth-order valence-corrected chi connectivity index (χ4v) is 2.75. The Kier molecular flexibility index (Phi) is 5.82. The second-order valence-corrected chi connectivity index (χ2v) is 6.91. The molecule has 0 aliphatic rings. The Morgan fingerprint density at radius 3 is 2.56 bits per heavy atom. The maximum absolute atomic E-state index is 11.8. The highest BCUT2D eigenvalue weighted by molar-refractivity contribution is 5.93. The van der Waals surface area contributed by atoms with Gasteiger partial charge < -0.3 is 14.0 Å². The molecule has 25 heavy (non-hydrogen) atoms. The first-order valence-corrected chi connectivity index (χ1v) is 8.54. The van der Waals surface area contributed by atoms with Gasteiger partial charge in [0.2, 0.25) is 0 Å². The number of ether oxygens (including phenoxy) is 2. The van der Waals surface area contributed by atoms with Crippen molar-refractivity contribution >= 4 is 23.0 Å². The van der Waals surface area contributed by atoms with Crippen LogP contribution in [0.1, 0.15) is 56.7 Å². The van der Waals surface area contributed by atoms with Crippen LogP contribution >= 0.6 is 0 Å². The van der Waals surface area contributed by atoms with E-state index in [1.165, 1.54) is 7.11 Å². The van der Waals surface area contributed by atoms with E-state index < -0.39 is 5.60 Å². The number of imidazole rings is 1. The Morgan fingerprint density at radius 1 is 1.24 bits per heavy atom. The molecule has 0 amide bonds. The average Bonchev–Trinajstić information content (AvgIpc) is 2.88. The Hall–Kier alpha value is -2.37. The topological polar surface area (TPSA) is 70.4 Å². The van der Waals surface area contributed by atoms with Gasteiger partial charge in [-0.15, -0.1) is 0 Å². The van der Waals surface area contributed by atoms with Crippen LogP contribution in [0.25, 0.3) is 11.0 Å². The summed E-state index contributed by atoms with van der Waals surface area (Å²) in [5, 5.41) is 0. The van der Waals surface area contributed by atoms with Gasteiger partial charge in [0.05, 0.1) is 23.7 Å². The van der Waals surface area contributed by atoms with E-state index in [0.29, 0.717) is 24.8 Å². The summed E-state index contributed by atoms with van der Waals surface area (Å²) >= 11 is 0. The Balaban J connectivity index is 2.12. The number of hydrogen-bond donors (Lipinski definition) is 0. The molecule has 0 spiro atoms. The van der Waals surface area contributed by atoms with Crippen LogP contribution in [-0.4, -0.2) is 34.2 Å². The van der Waals surface area contributed by atoms with Gasteiger partial charge >= 0.3 is 11.9 Å². The van der Waals surface area contributed by atoms with Crippen LogP contribution in [0.5, 0.6) is 0 Å². The molecule has 0 atom stereocenters. The number of aryl methyl sites for hydroxylation is 2. The molecular formula is C19H26N2O4. The fourth-order valence-electron chi connectivity index (χ4n) is 2.75. The Morgan fingerprint density at radius 2 is 1.96 bits per heavy atom. The molecule has 1 aromatic heterocycles. The van der Waals surface area contributed by atoms with Crippen LogP contribution in [0.2, 0.25) is 0 Å². The molecule has 2 aromatic rings. The van der Waals surface area contributed by atoms with Crippen molar-refractivity contribution < 1.29 is 19.1 Å². The van der Waals surface area contributed by atoms with E-state index in [2.05, 4.69) is 9.55 Å². The molecule has 1 aromatic carbocycles. The minimum Gasteiger partial charge on any atom is -0.465 e. The number of carbonyl (C=O) groups excluding carboxylic acids is 2. The normalized spacial score (nSPS) is 11.6. The number of hydrogen-bond acceptors (Lipinski definition) is 5. The molecule has 2 rings (SSSR count). The predicted molar refractivity (Wildman–Crippen MR) is 95.5 cm³/mol. The van der Waals surface area contributed by atoms with Gasteiger partial charge in [-0.05, 0) is 52.3 Å². The number of esters is 2. The van der Waals surface area contributed by atoms with Crippen molar-refractivity contribution in [3.8, 4) is 0 Å². The third kappa shape index (κ3) is 4.81. The fraction of sp³-hybridized carbons (Fsp3) is 0.526. The van der Waals surface area contributed by atoms with E-state index in [4.69, 9.17) is 9.47 Å². The van der Waals surface area contributed by atoms with E-state index in [9.17, 15) is 9.59 Å². The van der Waals surface area contributed by atoms with E-state index in [1.807, 2.05) is 33.8 Å². The first-order chi connectivity index (χ1) is 11.7. The summed E-state index contributed by atoms with van der Waals surface area (Å²) in [7, 11) is 1.36. The van der Waals surface area contributed by atoms with Crippen LogP contribution in [-0.2, 0) is 27.2 Å². The highest BCUT2D eigenvalue weighted by Gasteiger charge is 2.17. The highest BCUT2D eigenvalue weighted by atomic mass is 16.6. The van der Waals surface area contributed by atoms with Gasteiger partial charge in [0, 0.05) is 19.4 Å². The number of benzene rings is 1. The quantitative estimate of drug-likeness (QED) is 0.749. The van der Waals surface area contributed by atoms with Crippen LogP contribution < -0.4 is 0 Å². The zero-order valence-electron chi connectivity index (χ0n) is 15.6. The minimum atomic E-state index is -0.460. The molecule has 136 valence electrons. The molecule has 0 N–H and O–H groups in total. The van der Waals surface area contributed by atoms with Gasteiger partial charge in [-0.3, -0.25) is 4.79 Å². The summed E-state index contributed by atoms with van der Waals surface area (Å²) in [6.07, 6.45) is 1.70. The molecule has 0 aliphatic carbocycles. The lowest BCUT2D eigenvalue weighted by molar-refractivity contribution is -0.154. The van der Waals surface area contributed by atoms with Crippen molar-refractivity contribution in [2.24, 2.45) is 0 Å². The molecule has 0 radical (unpaired) electrons. The number of methoxy groups -OCH3 is 1. The van der Waals surface area contributed by atoms with Crippen LogP contribution in [0.15, 0.2) is 18.2 Å². The first-order valence-electron chi connectivity index (χ1n) is 8.54. The smallest absolute Gasteiger partial charge is 0.337 e. The largest absolute Gasteiger partial charge is 0.465 e. The molecule has 1 heterocycles. The van der Waals surface area contributed by atoms with Crippen molar-refractivity contribution in [1.82, 2.24) is 9.55 Å². The van der Waals surface area contributed by atoms with E-state index in [0.717, 1.165) is 23.4 Å². The molecule has 0 bridgehead atoms. The number of carbonyl (C=O) groups is 2. The van der Waals surface area contributed by atoms with Gasteiger partial charge in [0.15, 0.2) is 0 Å². The van der Waals surface area contributed by atoms with Crippen molar-refractivity contribution in [3.05, 3.63) is 29.6 Å². The van der Waals surface area contributed by atoms with E-state index in [1.54, 1.807) is 12.1 Å². The summed E-state index contributed by atoms with van der Waals surface area (Å²) in [6.45, 7) is 8.41. The Labute approximate surface area is 148 Å². The molecule has 0 unspecified atom stereocenters. The predicted octanol–water partition coefficient (Wildman–Crippen LogP) is 3.51. The highest BCUT2D eigenvalue weighted by Crippen LogP contribution is 2.20. The number of fused-ring (bicyclic) bond motifs is 1. The lowest BCUT2D eigenvalue weighted by Crippen LogP contribution is -2.23. The second kappa shape index (κ2) is 7.68. The summed E-state index contributed by atoms with van der Waals surface area (Å²) in [5.41, 5.74) is 1.76.